The molecule has 20 heavy (non-hydrogen) atoms. The summed E-state index contributed by atoms with van der Waals surface area (Å²) in [5.74, 6) is -0.507. The van der Waals surface area contributed by atoms with Crippen LogP contribution in [0.2, 0.25) is 0 Å². The maximum atomic E-state index is 13.4. The third kappa shape index (κ3) is 3.10. The number of anilines is 1. The van der Waals surface area contributed by atoms with Crippen LogP contribution in [-0.4, -0.2) is 30.1 Å². The van der Waals surface area contributed by atoms with Crippen molar-refractivity contribution in [3.05, 3.63) is 29.6 Å². The van der Waals surface area contributed by atoms with Gasteiger partial charge in [-0.25, -0.2) is 4.39 Å². The molecule has 0 atom stereocenters. The summed E-state index contributed by atoms with van der Waals surface area (Å²) in [5, 5.41) is 7.64. The highest BCUT2D eigenvalue weighted by Crippen LogP contribution is 2.33. The standard InChI is InChI=1S/C15H22FN3O/c1-14(2)8-19(9-15(3,4)20-14)12-6-5-10(16)7-11(12)13(17)18/h5-7H,8-9H2,1-4H3,(H3,17,18). The molecule has 2 rings (SSSR count). The maximum absolute atomic E-state index is 13.4. The molecule has 0 saturated carbocycles. The Kier molecular flexibility index (Phi) is 3.50. The van der Waals surface area contributed by atoms with Gasteiger partial charge in [0.05, 0.1) is 11.2 Å². The van der Waals surface area contributed by atoms with Crippen molar-refractivity contribution in [1.29, 1.82) is 5.41 Å². The van der Waals surface area contributed by atoms with Crippen LogP contribution in [0.25, 0.3) is 0 Å². The van der Waals surface area contributed by atoms with Gasteiger partial charge in [0.1, 0.15) is 11.7 Å². The fourth-order valence-corrected chi connectivity index (χ4v) is 2.96. The zero-order valence-electron chi connectivity index (χ0n) is 12.5. The van der Waals surface area contributed by atoms with E-state index in [2.05, 4.69) is 4.90 Å². The van der Waals surface area contributed by atoms with Gasteiger partial charge in [-0.15, -0.1) is 0 Å². The Morgan fingerprint density at radius 3 is 2.30 bits per heavy atom. The molecule has 0 aromatic heterocycles. The van der Waals surface area contributed by atoms with Crippen LogP contribution in [0.3, 0.4) is 0 Å². The summed E-state index contributed by atoms with van der Waals surface area (Å²) in [7, 11) is 0. The molecule has 4 nitrogen and oxygen atoms in total. The van der Waals surface area contributed by atoms with E-state index in [9.17, 15) is 4.39 Å². The first-order valence-corrected chi connectivity index (χ1v) is 6.69. The predicted octanol–water partition coefficient (Wildman–Crippen LogP) is 2.50. The second-order valence-corrected chi connectivity index (χ2v) is 6.55. The lowest BCUT2D eigenvalue weighted by molar-refractivity contribution is -0.133. The topological polar surface area (TPSA) is 62.3 Å². The summed E-state index contributed by atoms with van der Waals surface area (Å²) in [5.41, 5.74) is 6.16. The molecular weight excluding hydrogens is 257 g/mol. The number of rotatable bonds is 2. The molecule has 0 spiro atoms. The molecule has 1 aromatic carbocycles. The van der Waals surface area contributed by atoms with Gasteiger partial charge >= 0.3 is 0 Å². The number of hydrogen-bond donors (Lipinski definition) is 2. The number of nitrogens with one attached hydrogen (secondary N) is 1. The Bertz CT molecular complexity index is 524. The normalized spacial score (nSPS) is 20.8. The monoisotopic (exact) mass is 279 g/mol. The lowest BCUT2D eigenvalue weighted by Gasteiger charge is -2.48. The molecule has 0 aliphatic carbocycles. The van der Waals surface area contributed by atoms with E-state index < -0.39 is 0 Å². The van der Waals surface area contributed by atoms with Crippen LogP contribution in [-0.2, 0) is 4.74 Å². The summed E-state index contributed by atoms with van der Waals surface area (Å²) < 4.78 is 19.4. The number of hydrogen-bond acceptors (Lipinski definition) is 3. The van der Waals surface area contributed by atoms with Crippen LogP contribution < -0.4 is 10.6 Å². The van der Waals surface area contributed by atoms with E-state index >= 15 is 0 Å². The first-order valence-electron chi connectivity index (χ1n) is 6.69. The summed E-state index contributed by atoms with van der Waals surface area (Å²) in [6.07, 6.45) is 0. The number of nitrogen functional groups attached to an aromatic ring is 1. The van der Waals surface area contributed by atoms with Crippen LogP contribution in [0.15, 0.2) is 18.2 Å². The van der Waals surface area contributed by atoms with Crippen LogP contribution in [0.1, 0.15) is 33.3 Å². The molecule has 1 fully saturated rings. The lowest BCUT2D eigenvalue weighted by Crippen LogP contribution is -2.57. The Morgan fingerprint density at radius 2 is 1.80 bits per heavy atom. The molecule has 0 radical (unpaired) electrons. The zero-order valence-corrected chi connectivity index (χ0v) is 12.5. The third-order valence-electron chi connectivity index (χ3n) is 3.29. The molecule has 3 N–H and O–H groups in total. The largest absolute Gasteiger partial charge is 0.384 e. The van der Waals surface area contributed by atoms with Gasteiger partial charge in [-0.2, -0.15) is 0 Å². The van der Waals surface area contributed by atoms with Crippen LogP contribution in [0.5, 0.6) is 0 Å². The van der Waals surface area contributed by atoms with Crippen molar-refractivity contribution in [1.82, 2.24) is 0 Å². The second kappa shape index (κ2) is 4.74. The SMILES string of the molecule is CC1(C)CN(c2ccc(F)cc2C(=N)N)CC(C)(C)O1. The first-order chi connectivity index (χ1) is 9.10. The van der Waals surface area contributed by atoms with E-state index in [-0.39, 0.29) is 22.9 Å². The number of halogens is 1. The van der Waals surface area contributed by atoms with Crippen LogP contribution in [0, 0.1) is 11.2 Å². The lowest BCUT2D eigenvalue weighted by atomic mass is 9.97. The summed E-state index contributed by atoms with van der Waals surface area (Å²) in [4.78, 5) is 2.11. The zero-order chi connectivity index (χ0) is 15.1. The van der Waals surface area contributed by atoms with Gasteiger partial charge in [0, 0.05) is 24.3 Å². The van der Waals surface area contributed by atoms with Crippen molar-refractivity contribution in [2.24, 2.45) is 5.73 Å². The molecular formula is C15H22FN3O. The van der Waals surface area contributed by atoms with Crippen molar-refractivity contribution in [2.45, 2.75) is 38.9 Å². The highest BCUT2D eigenvalue weighted by molar-refractivity contribution is 6.00. The van der Waals surface area contributed by atoms with Crippen molar-refractivity contribution in [3.63, 3.8) is 0 Å². The predicted molar refractivity (Wildman–Crippen MR) is 78.9 cm³/mol. The Labute approximate surface area is 119 Å². The fourth-order valence-electron chi connectivity index (χ4n) is 2.96. The van der Waals surface area contributed by atoms with E-state index in [0.29, 0.717) is 18.7 Å². The number of amidine groups is 1. The molecule has 110 valence electrons. The number of nitrogens with two attached hydrogens (primary N) is 1. The van der Waals surface area contributed by atoms with Gasteiger partial charge < -0.3 is 15.4 Å². The quantitative estimate of drug-likeness (QED) is 0.646. The minimum absolute atomic E-state index is 0.124. The first kappa shape index (κ1) is 14.8. The molecule has 5 heteroatoms. The number of nitrogens with zero attached hydrogens (tertiary/aromatic N) is 1. The molecule has 0 bridgehead atoms. The van der Waals surface area contributed by atoms with Crippen molar-refractivity contribution < 1.29 is 9.13 Å². The average molecular weight is 279 g/mol. The van der Waals surface area contributed by atoms with Crippen LogP contribution >= 0.6 is 0 Å². The molecule has 1 aromatic rings. The van der Waals surface area contributed by atoms with Crippen molar-refractivity contribution >= 4 is 11.5 Å². The number of morpholine rings is 1. The minimum atomic E-state index is -0.384. The summed E-state index contributed by atoms with van der Waals surface area (Å²) in [6, 6.07) is 4.40. The molecule has 0 amide bonds. The second-order valence-electron chi connectivity index (χ2n) is 6.55. The molecule has 1 saturated heterocycles. The number of ether oxygens (including phenoxy) is 1. The summed E-state index contributed by atoms with van der Waals surface area (Å²) in [6.45, 7) is 9.44. The fraction of sp³-hybridized carbons (Fsp3) is 0.533. The smallest absolute Gasteiger partial charge is 0.125 e. The van der Waals surface area contributed by atoms with Crippen molar-refractivity contribution in [2.75, 3.05) is 18.0 Å². The molecule has 1 heterocycles. The molecule has 1 aliphatic rings. The number of benzene rings is 1. The van der Waals surface area contributed by atoms with Crippen LogP contribution in [0.4, 0.5) is 10.1 Å². The Balaban J connectivity index is 2.43. The van der Waals surface area contributed by atoms with E-state index in [1.807, 2.05) is 27.7 Å². The average Bonchev–Trinajstić information content (AvgIpc) is 2.24. The van der Waals surface area contributed by atoms with Gasteiger partial charge in [0.25, 0.3) is 0 Å². The third-order valence-corrected chi connectivity index (χ3v) is 3.29. The molecule has 0 unspecified atom stereocenters. The highest BCUT2D eigenvalue weighted by atomic mass is 19.1. The Hall–Kier alpha value is -1.62. The van der Waals surface area contributed by atoms with E-state index in [1.165, 1.54) is 12.1 Å². The van der Waals surface area contributed by atoms with E-state index in [4.69, 9.17) is 15.9 Å². The van der Waals surface area contributed by atoms with Gasteiger partial charge in [0.15, 0.2) is 0 Å². The van der Waals surface area contributed by atoms with Crippen molar-refractivity contribution in [3.8, 4) is 0 Å². The summed E-state index contributed by atoms with van der Waals surface area (Å²) >= 11 is 0. The minimum Gasteiger partial charge on any atom is -0.384 e. The Morgan fingerprint density at radius 1 is 1.25 bits per heavy atom. The van der Waals surface area contributed by atoms with Gasteiger partial charge in [-0.3, -0.25) is 5.41 Å². The van der Waals surface area contributed by atoms with E-state index in [1.54, 1.807) is 6.07 Å². The van der Waals surface area contributed by atoms with Gasteiger partial charge in [0.2, 0.25) is 0 Å². The van der Waals surface area contributed by atoms with E-state index in [0.717, 1.165) is 5.69 Å². The highest BCUT2D eigenvalue weighted by Gasteiger charge is 2.38. The van der Waals surface area contributed by atoms with Gasteiger partial charge in [-0.1, -0.05) is 0 Å². The maximum Gasteiger partial charge on any atom is 0.125 e. The van der Waals surface area contributed by atoms with Gasteiger partial charge in [-0.05, 0) is 45.9 Å². The molecule has 1 aliphatic heterocycles.